The molecule has 0 bridgehead atoms. The third-order valence-corrected chi connectivity index (χ3v) is 5.54. The van der Waals surface area contributed by atoms with Crippen molar-refractivity contribution in [2.75, 3.05) is 11.9 Å². The lowest BCUT2D eigenvalue weighted by molar-refractivity contribution is 0.0980. The highest BCUT2D eigenvalue weighted by Gasteiger charge is 2.36. The van der Waals surface area contributed by atoms with Gasteiger partial charge < -0.3 is 14.9 Å². The van der Waals surface area contributed by atoms with E-state index < -0.39 is 11.7 Å². The van der Waals surface area contributed by atoms with Crippen molar-refractivity contribution in [3.05, 3.63) is 57.6 Å². The Kier molecular flexibility index (Phi) is 4.91. The number of fused-ring (bicyclic) bond motifs is 1. The monoisotopic (exact) mass is 369 g/mol. The maximum absolute atomic E-state index is 11.5. The molecule has 1 aliphatic heterocycles. The van der Waals surface area contributed by atoms with Crippen LogP contribution in [0.2, 0.25) is 0 Å². The molecule has 0 radical (unpaired) electrons. The molecule has 3 rings (SSSR count). The van der Waals surface area contributed by atoms with E-state index in [-0.39, 0.29) is 0 Å². The molecule has 5 heteroatoms. The van der Waals surface area contributed by atoms with Gasteiger partial charge in [-0.1, -0.05) is 38.1 Å². The van der Waals surface area contributed by atoms with Crippen LogP contribution < -0.4 is 10.1 Å². The average Bonchev–Trinajstić information content (AvgIpc) is 3.07. The van der Waals surface area contributed by atoms with Gasteiger partial charge in [0.25, 0.3) is 0 Å². The summed E-state index contributed by atoms with van der Waals surface area (Å²) in [4.78, 5) is 11.3. The fourth-order valence-electron chi connectivity index (χ4n) is 3.98. The van der Waals surface area contributed by atoms with Crippen LogP contribution in [-0.4, -0.2) is 22.9 Å². The second-order valence-electron chi connectivity index (χ2n) is 7.69. The lowest BCUT2D eigenvalue weighted by Gasteiger charge is -2.30. The Morgan fingerprint density at radius 1 is 1.19 bits per heavy atom. The molecule has 27 heavy (non-hydrogen) atoms. The van der Waals surface area contributed by atoms with E-state index in [1.165, 1.54) is 5.56 Å². The molecule has 2 aromatic carbocycles. The molecule has 1 atom stereocenters. The number of benzene rings is 2. The van der Waals surface area contributed by atoms with E-state index in [9.17, 15) is 15.0 Å². The van der Waals surface area contributed by atoms with Crippen LogP contribution >= 0.6 is 0 Å². The highest BCUT2D eigenvalue weighted by Crippen LogP contribution is 2.46. The van der Waals surface area contributed by atoms with Crippen LogP contribution in [0.15, 0.2) is 24.3 Å². The Labute approximate surface area is 160 Å². The first-order valence-electron chi connectivity index (χ1n) is 9.26. The fourth-order valence-corrected chi connectivity index (χ4v) is 3.98. The van der Waals surface area contributed by atoms with Crippen LogP contribution in [-0.2, 0) is 12.0 Å². The van der Waals surface area contributed by atoms with Gasteiger partial charge in [0.1, 0.15) is 11.4 Å². The summed E-state index contributed by atoms with van der Waals surface area (Å²) in [6.07, 6.45) is -0.419. The molecule has 0 saturated carbocycles. The second kappa shape index (κ2) is 6.89. The number of aliphatic hydroxyl groups is 1. The number of hydrogen-bond acceptors (Lipinski definition) is 3. The topological polar surface area (TPSA) is 78.8 Å². The zero-order chi connectivity index (χ0) is 19.9. The maximum atomic E-state index is 11.5. The predicted molar refractivity (Wildman–Crippen MR) is 106 cm³/mol. The molecule has 144 valence electrons. The minimum absolute atomic E-state index is 0.407. The summed E-state index contributed by atoms with van der Waals surface area (Å²) in [5.74, 6) is 1.09. The van der Waals surface area contributed by atoms with Crippen LogP contribution in [0.1, 0.15) is 60.1 Å². The molecule has 1 aliphatic rings. The lowest BCUT2D eigenvalue weighted by atomic mass is 9.81. The van der Waals surface area contributed by atoms with Crippen molar-refractivity contribution in [3.8, 4) is 5.75 Å². The van der Waals surface area contributed by atoms with E-state index in [0.717, 1.165) is 16.7 Å². The third-order valence-electron chi connectivity index (χ3n) is 5.54. The van der Waals surface area contributed by atoms with Crippen LogP contribution in [0.4, 0.5) is 10.5 Å². The molecule has 0 spiro atoms. The van der Waals surface area contributed by atoms with Gasteiger partial charge >= 0.3 is 6.09 Å². The molecule has 0 aliphatic carbocycles. The van der Waals surface area contributed by atoms with Crippen molar-refractivity contribution >= 4 is 11.8 Å². The zero-order valence-electron chi connectivity index (χ0n) is 16.5. The highest BCUT2D eigenvalue weighted by atomic mass is 16.5. The van der Waals surface area contributed by atoms with Gasteiger partial charge in [-0.2, -0.15) is 0 Å². The van der Waals surface area contributed by atoms with Gasteiger partial charge in [0.2, 0.25) is 0 Å². The molecule has 5 nitrogen and oxygen atoms in total. The van der Waals surface area contributed by atoms with Gasteiger partial charge in [0.05, 0.1) is 12.3 Å². The summed E-state index contributed by atoms with van der Waals surface area (Å²) in [7, 11) is 0. The first-order chi connectivity index (χ1) is 12.6. The lowest BCUT2D eigenvalue weighted by Crippen LogP contribution is -2.26. The number of carbonyl (C=O) groups is 1. The van der Waals surface area contributed by atoms with Crippen LogP contribution in [0.3, 0.4) is 0 Å². The van der Waals surface area contributed by atoms with E-state index in [1.807, 2.05) is 38.1 Å². The van der Waals surface area contributed by atoms with Crippen molar-refractivity contribution in [3.63, 3.8) is 0 Å². The van der Waals surface area contributed by atoms with Crippen molar-refractivity contribution in [2.45, 2.75) is 52.6 Å². The average molecular weight is 369 g/mol. The number of carboxylic acid groups (broad SMARTS) is 1. The molecule has 0 fully saturated rings. The molecule has 1 heterocycles. The van der Waals surface area contributed by atoms with Crippen LogP contribution in [0, 0.1) is 13.8 Å². The summed E-state index contributed by atoms with van der Waals surface area (Å²) in [5, 5.41) is 23.3. The van der Waals surface area contributed by atoms with Crippen LogP contribution in [0.5, 0.6) is 5.75 Å². The second-order valence-corrected chi connectivity index (χ2v) is 7.69. The van der Waals surface area contributed by atoms with E-state index in [2.05, 4.69) is 19.2 Å². The van der Waals surface area contributed by atoms with Gasteiger partial charge in [-0.15, -0.1) is 0 Å². The summed E-state index contributed by atoms with van der Waals surface area (Å²) >= 11 is 0. The van der Waals surface area contributed by atoms with Gasteiger partial charge in [-0.3, -0.25) is 5.32 Å². The number of ether oxygens (including phenoxy) is 1. The molecule has 1 unspecified atom stereocenters. The maximum Gasteiger partial charge on any atom is 0.409 e. The number of nitrogens with one attached hydrogen (secondary N) is 1. The summed E-state index contributed by atoms with van der Waals surface area (Å²) in [5.41, 5.74) is 4.30. The van der Waals surface area contributed by atoms with Crippen molar-refractivity contribution in [1.29, 1.82) is 0 Å². The number of anilines is 1. The highest BCUT2D eigenvalue weighted by molar-refractivity contribution is 5.87. The number of amides is 1. The normalized spacial score (nSPS) is 15.2. The summed E-state index contributed by atoms with van der Waals surface area (Å²) < 4.78 is 5.89. The number of rotatable bonds is 4. The quantitative estimate of drug-likeness (QED) is 0.729. The fraction of sp³-hybridized carbons (Fsp3) is 0.409. The molecular formula is C22H27NO4. The Balaban J connectivity index is 2.20. The molecule has 3 N–H and O–H groups in total. The van der Waals surface area contributed by atoms with Gasteiger partial charge in [-0.05, 0) is 48.9 Å². The van der Waals surface area contributed by atoms with Crippen molar-refractivity contribution < 1.29 is 19.7 Å². The molecular weight excluding hydrogens is 342 g/mol. The Bertz CT molecular complexity index is 882. The third kappa shape index (κ3) is 3.28. The van der Waals surface area contributed by atoms with E-state index in [4.69, 9.17) is 4.74 Å². The Morgan fingerprint density at radius 2 is 1.81 bits per heavy atom. The van der Waals surface area contributed by atoms with E-state index in [1.54, 1.807) is 6.92 Å². The van der Waals surface area contributed by atoms with E-state index >= 15 is 0 Å². The standard InChI is InChI=1S/C22H27NO4/c1-12(2)15-6-8-16(9-7-15)22(5,26)18-14(4)19(23-21(24)25)13(3)17-10-11-27-20(17)18/h6-9,12,23,26H,10-11H2,1-5H3,(H,24,25). The first kappa shape index (κ1) is 19.2. The first-order valence-corrected chi connectivity index (χ1v) is 9.26. The van der Waals surface area contributed by atoms with Crippen LogP contribution in [0.25, 0.3) is 0 Å². The number of hydrogen-bond donors (Lipinski definition) is 3. The molecule has 1 amide bonds. The smallest absolute Gasteiger partial charge is 0.409 e. The van der Waals surface area contributed by atoms with Gasteiger partial charge in [-0.25, -0.2) is 4.79 Å². The Hall–Kier alpha value is -2.53. The minimum atomic E-state index is -1.31. The van der Waals surface area contributed by atoms with Crippen molar-refractivity contribution in [2.24, 2.45) is 0 Å². The van der Waals surface area contributed by atoms with Crippen molar-refractivity contribution in [1.82, 2.24) is 0 Å². The SMILES string of the molecule is Cc1c2c(c(C(C)(O)c3ccc(C(C)C)cc3)c(C)c1NC(=O)O)OCC2. The zero-order valence-corrected chi connectivity index (χ0v) is 16.5. The molecule has 0 aromatic heterocycles. The Morgan fingerprint density at radius 3 is 2.37 bits per heavy atom. The van der Waals surface area contributed by atoms with Gasteiger partial charge in [0, 0.05) is 17.5 Å². The molecule has 0 saturated heterocycles. The largest absolute Gasteiger partial charge is 0.493 e. The predicted octanol–water partition coefficient (Wildman–Crippen LogP) is 4.71. The summed E-state index contributed by atoms with van der Waals surface area (Å²) in [6.45, 7) is 10.2. The molecule has 2 aromatic rings. The summed E-state index contributed by atoms with van der Waals surface area (Å²) in [6, 6.07) is 7.91. The van der Waals surface area contributed by atoms with E-state index in [0.29, 0.717) is 41.5 Å². The van der Waals surface area contributed by atoms with Gasteiger partial charge in [0.15, 0.2) is 0 Å². The minimum Gasteiger partial charge on any atom is -0.493 e.